The molecule has 1 unspecified atom stereocenters. The summed E-state index contributed by atoms with van der Waals surface area (Å²) in [5.41, 5.74) is 0. The number of likely N-dealkylation sites (N-methyl/N-ethyl adjacent to an activating group) is 1. The lowest BCUT2D eigenvalue weighted by molar-refractivity contribution is -0.122. The van der Waals surface area contributed by atoms with Crippen LogP contribution in [0.2, 0.25) is 0 Å². The molecule has 1 amide bonds. The first kappa shape index (κ1) is 12.5. The number of hydrogen-bond donors (Lipinski definition) is 1. The lowest BCUT2D eigenvalue weighted by Crippen LogP contribution is -2.27. The van der Waals surface area contributed by atoms with E-state index in [0.29, 0.717) is 0 Å². The van der Waals surface area contributed by atoms with Crippen molar-refractivity contribution in [2.45, 2.75) is 19.8 Å². The Morgan fingerprint density at radius 1 is 1.53 bits per heavy atom. The standard InChI is InChI=1S/C11H22N2O2/c1-3-15-9-8-13(2)7-5-10-4-6-12-11(10)14/h10H,3-9H2,1-2H3,(H,12,14). The highest BCUT2D eigenvalue weighted by atomic mass is 16.5. The average Bonchev–Trinajstić information content (AvgIpc) is 2.61. The first-order valence-corrected chi connectivity index (χ1v) is 5.78. The molecule has 1 aliphatic rings. The molecule has 1 fully saturated rings. The Balaban J connectivity index is 2.05. The molecular formula is C11H22N2O2. The van der Waals surface area contributed by atoms with Gasteiger partial charge in [-0.3, -0.25) is 4.79 Å². The summed E-state index contributed by atoms with van der Waals surface area (Å²) in [6.45, 7) is 6.34. The normalized spacial score (nSPS) is 21.0. The summed E-state index contributed by atoms with van der Waals surface area (Å²) in [5.74, 6) is 0.466. The second kappa shape index (κ2) is 6.80. The van der Waals surface area contributed by atoms with Crippen molar-refractivity contribution in [1.29, 1.82) is 0 Å². The Bertz CT molecular complexity index is 197. The predicted octanol–water partition coefficient (Wildman–Crippen LogP) is 0.481. The van der Waals surface area contributed by atoms with Gasteiger partial charge in [-0.05, 0) is 33.4 Å². The van der Waals surface area contributed by atoms with E-state index in [1.54, 1.807) is 0 Å². The number of hydrogen-bond acceptors (Lipinski definition) is 3. The topological polar surface area (TPSA) is 41.6 Å². The van der Waals surface area contributed by atoms with Crippen molar-refractivity contribution in [3.8, 4) is 0 Å². The van der Waals surface area contributed by atoms with Crippen molar-refractivity contribution in [3.05, 3.63) is 0 Å². The van der Waals surface area contributed by atoms with Gasteiger partial charge >= 0.3 is 0 Å². The van der Waals surface area contributed by atoms with Crippen LogP contribution in [0.25, 0.3) is 0 Å². The van der Waals surface area contributed by atoms with Crippen molar-refractivity contribution in [2.24, 2.45) is 5.92 Å². The second-order valence-electron chi connectivity index (χ2n) is 4.07. The van der Waals surface area contributed by atoms with Gasteiger partial charge in [0.15, 0.2) is 0 Å². The minimum atomic E-state index is 0.230. The van der Waals surface area contributed by atoms with Crippen molar-refractivity contribution < 1.29 is 9.53 Å². The maximum Gasteiger partial charge on any atom is 0.223 e. The van der Waals surface area contributed by atoms with E-state index in [1.807, 2.05) is 6.92 Å². The molecule has 15 heavy (non-hydrogen) atoms. The van der Waals surface area contributed by atoms with Crippen LogP contribution in [0.15, 0.2) is 0 Å². The number of amides is 1. The number of nitrogens with zero attached hydrogens (tertiary/aromatic N) is 1. The fourth-order valence-electron chi connectivity index (χ4n) is 1.77. The van der Waals surface area contributed by atoms with Gasteiger partial charge in [0.2, 0.25) is 5.91 Å². The Labute approximate surface area is 92.0 Å². The highest BCUT2D eigenvalue weighted by Gasteiger charge is 2.23. The number of carbonyl (C=O) groups is 1. The maximum absolute atomic E-state index is 11.3. The molecule has 1 rings (SSSR count). The third kappa shape index (κ3) is 4.62. The van der Waals surface area contributed by atoms with Gasteiger partial charge in [-0.1, -0.05) is 0 Å². The Morgan fingerprint density at radius 3 is 2.93 bits per heavy atom. The van der Waals surface area contributed by atoms with Gasteiger partial charge in [-0.15, -0.1) is 0 Å². The molecule has 0 aromatic heterocycles. The molecule has 1 saturated heterocycles. The lowest BCUT2D eigenvalue weighted by Gasteiger charge is -2.17. The zero-order chi connectivity index (χ0) is 11.1. The monoisotopic (exact) mass is 214 g/mol. The van der Waals surface area contributed by atoms with Crippen LogP contribution in [0.4, 0.5) is 0 Å². The highest BCUT2D eigenvalue weighted by molar-refractivity contribution is 5.80. The summed E-state index contributed by atoms with van der Waals surface area (Å²) in [6.07, 6.45) is 1.96. The van der Waals surface area contributed by atoms with Gasteiger partial charge in [-0.25, -0.2) is 0 Å². The van der Waals surface area contributed by atoms with Crippen LogP contribution in [0, 0.1) is 5.92 Å². The molecule has 0 spiro atoms. The van der Waals surface area contributed by atoms with Crippen molar-refractivity contribution in [2.75, 3.05) is 39.9 Å². The molecule has 4 heteroatoms. The fraction of sp³-hybridized carbons (Fsp3) is 0.909. The molecule has 1 heterocycles. The van der Waals surface area contributed by atoms with Crippen molar-refractivity contribution in [3.63, 3.8) is 0 Å². The SMILES string of the molecule is CCOCCN(C)CCC1CCNC1=O. The molecule has 0 saturated carbocycles. The summed E-state index contributed by atoms with van der Waals surface area (Å²) in [5, 5.41) is 2.86. The summed E-state index contributed by atoms with van der Waals surface area (Å²) in [4.78, 5) is 13.5. The Hall–Kier alpha value is -0.610. The largest absolute Gasteiger partial charge is 0.380 e. The van der Waals surface area contributed by atoms with E-state index in [9.17, 15) is 4.79 Å². The van der Waals surface area contributed by atoms with E-state index in [0.717, 1.165) is 45.7 Å². The first-order chi connectivity index (χ1) is 7.24. The number of nitrogens with one attached hydrogen (secondary N) is 1. The highest BCUT2D eigenvalue weighted by Crippen LogP contribution is 2.13. The maximum atomic E-state index is 11.3. The van der Waals surface area contributed by atoms with Crippen LogP contribution >= 0.6 is 0 Å². The van der Waals surface area contributed by atoms with E-state index in [4.69, 9.17) is 4.74 Å². The summed E-state index contributed by atoms with van der Waals surface area (Å²) in [6, 6.07) is 0. The van der Waals surface area contributed by atoms with E-state index in [1.165, 1.54) is 0 Å². The number of rotatable bonds is 7. The third-order valence-electron chi connectivity index (χ3n) is 2.84. The zero-order valence-corrected chi connectivity index (χ0v) is 9.79. The van der Waals surface area contributed by atoms with Gasteiger partial charge in [-0.2, -0.15) is 0 Å². The van der Waals surface area contributed by atoms with Gasteiger partial charge < -0.3 is 15.0 Å². The van der Waals surface area contributed by atoms with Crippen LogP contribution in [0.1, 0.15) is 19.8 Å². The predicted molar refractivity (Wildman–Crippen MR) is 59.7 cm³/mol. The van der Waals surface area contributed by atoms with Crippen molar-refractivity contribution >= 4 is 5.91 Å². The molecule has 0 aromatic carbocycles. The average molecular weight is 214 g/mol. The molecule has 1 N–H and O–H groups in total. The van der Waals surface area contributed by atoms with E-state index < -0.39 is 0 Å². The van der Waals surface area contributed by atoms with Gasteiger partial charge in [0.25, 0.3) is 0 Å². The molecular weight excluding hydrogens is 192 g/mol. The van der Waals surface area contributed by atoms with Crippen LogP contribution in [0.5, 0.6) is 0 Å². The van der Waals surface area contributed by atoms with Gasteiger partial charge in [0, 0.05) is 25.6 Å². The number of ether oxygens (including phenoxy) is 1. The van der Waals surface area contributed by atoms with Crippen LogP contribution in [0.3, 0.4) is 0 Å². The molecule has 1 aliphatic heterocycles. The minimum absolute atomic E-state index is 0.230. The van der Waals surface area contributed by atoms with Crippen LogP contribution < -0.4 is 5.32 Å². The van der Waals surface area contributed by atoms with Crippen LogP contribution in [-0.4, -0.2) is 50.7 Å². The Kier molecular flexibility index (Phi) is 5.65. The fourth-order valence-corrected chi connectivity index (χ4v) is 1.77. The summed E-state index contributed by atoms with van der Waals surface area (Å²) >= 11 is 0. The first-order valence-electron chi connectivity index (χ1n) is 5.78. The molecule has 0 radical (unpaired) electrons. The summed E-state index contributed by atoms with van der Waals surface area (Å²) < 4.78 is 5.28. The van der Waals surface area contributed by atoms with Gasteiger partial charge in [0.1, 0.15) is 0 Å². The molecule has 88 valence electrons. The molecule has 1 atom stereocenters. The molecule has 0 bridgehead atoms. The third-order valence-corrected chi connectivity index (χ3v) is 2.84. The second-order valence-corrected chi connectivity index (χ2v) is 4.07. The van der Waals surface area contributed by atoms with Gasteiger partial charge in [0.05, 0.1) is 6.61 Å². The Morgan fingerprint density at radius 2 is 2.33 bits per heavy atom. The zero-order valence-electron chi connectivity index (χ0n) is 9.79. The van der Waals surface area contributed by atoms with E-state index >= 15 is 0 Å². The van der Waals surface area contributed by atoms with Crippen LogP contribution in [-0.2, 0) is 9.53 Å². The number of carbonyl (C=O) groups excluding carboxylic acids is 1. The molecule has 0 aromatic rings. The lowest BCUT2D eigenvalue weighted by atomic mass is 10.0. The molecule has 4 nitrogen and oxygen atoms in total. The minimum Gasteiger partial charge on any atom is -0.380 e. The van der Waals surface area contributed by atoms with E-state index in [-0.39, 0.29) is 11.8 Å². The van der Waals surface area contributed by atoms with E-state index in [2.05, 4.69) is 17.3 Å². The summed E-state index contributed by atoms with van der Waals surface area (Å²) in [7, 11) is 2.08. The smallest absolute Gasteiger partial charge is 0.223 e. The molecule has 0 aliphatic carbocycles. The van der Waals surface area contributed by atoms with Crippen molar-refractivity contribution in [1.82, 2.24) is 10.2 Å². The quantitative estimate of drug-likeness (QED) is 0.627.